The van der Waals surface area contributed by atoms with E-state index in [-0.39, 0.29) is 5.54 Å². The van der Waals surface area contributed by atoms with Gasteiger partial charge >= 0.3 is 0 Å². The Kier molecular flexibility index (Phi) is 3.17. The third-order valence-electron chi connectivity index (χ3n) is 3.39. The number of benzene rings is 1. The second-order valence-corrected chi connectivity index (χ2v) is 5.77. The lowest BCUT2D eigenvalue weighted by atomic mass is 9.94. The van der Waals surface area contributed by atoms with E-state index in [1.807, 2.05) is 0 Å². The molecule has 1 unspecified atom stereocenters. The molecule has 0 spiro atoms. The number of halogens is 1. The molecule has 0 amide bonds. The standard InChI is InChI=1S/C13H18BrN/c1-10(5-6-13(15)7-8-13)11-3-2-4-12(14)9-11/h2-4,9-10H,5-8,15H2,1H3. The summed E-state index contributed by atoms with van der Waals surface area (Å²) in [4.78, 5) is 0. The van der Waals surface area contributed by atoms with E-state index in [1.165, 1.54) is 35.7 Å². The van der Waals surface area contributed by atoms with E-state index in [0.29, 0.717) is 5.92 Å². The van der Waals surface area contributed by atoms with E-state index < -0.39 is 0 Å². The van der Waals surface area contributed by atoms with Crippen molar-refractivity contribution < 1.29 is 0 Å². The first-order valence-corrected chi connectivity index (χ1v) is 6.43. The maximum Gasteiger partial charge on any atom is 0.0178 e. The van der Waals surface area contributed by atoms with Crippen LogP contribution in [0.5, 0.6) is 0 Å². The molecule has 0 aromatic heterocycles. The van der Waals surface area contributed by atoms with Gasteiger partial charge in [-0.3, -0.25) is 0 Å². The summed E-state index contributed by atoms with van der Waals surface area (Å²) < 4.78 is 1.17. The molecule has 0 saturated heterocycles. The predicted molar refractivity (Wildman–Crippen MR) is 67.9 cm³/mol. The molecule has 0 aliphatic heterocycles. The van der Waals surface area contributed by atoms with E-state index in [0.717, 1.165) is 0 Å². The first-order chi connectivity index (χ1) is 7.09. The highest BCUT2D eigenvalue weighted by Crippen LogP contribution is 2.39. The molecule has 2 rings (SSSR count). The fraction of sp³-hybridized carbons (Fsp3) is 0.538. The van der Waals surface area contributed by atoms with Crippen LogP contribution in [0.2, 0.25) is 0 Å². The highest BCUT2D eigenvalue weighted by Gasteiger charge is 2.37. The maximum absolute atomic E-state index is 6.09. The van der Waals surface area contributed by atoms with Crippen LogP contribution in [0.4, 0.5) is 0 Å². The molecule has 1 atom stereocenters. The summed E-state index contributed by atoms with van der Waals surface area (Å²) in [6.45, 7) is 2.29. The monoisotopic (exact) mass is 267 g/mol. The van der Waals surface area contributed by atoms with Gasteiger partial charge in [-0.1, -0.05) is 35.0 Å². The Morgan fingerprint density at radius 3 is 2.80 bits per heavy atom. The van der Waals surface area contributed by atoms with E-state index in [2.05, 4.69) is 47.1 Å². The van der Waals surface area contributed by atoms with E-state index >= 15 is 0 Å². The quantitative estimate of drug-likeness (QED) is 0.882. The van der Waals surface area contributed by atoms with E-state index in [4.69, 9.17) is 5.73 Å². The SMILES string of the molecule is CC(CCC1(N)CC1)c1cccc(Br)c1. The third kappa shape index (κ3) is 3.05. The largest absolute Gasteiger partial charge is 0.325 e. The number of hydrogen-bond acceptors (Lipinski definition) is 1. The molecule has 0 heterocycles. The maximum atomic E-state index is 6.09. The molecule has 1 fully saturated rings. The summed E-state index contributed by atoms with van der Waals surface area (Å²) >= 11 is 3.51. The Balaban J connectivity index is 1.92. The lowest BCUT2D eigenvalue weighted by molar-refractivity contribution is 0.533. The average molecular weight is 268 g/mol. The van der Waals surface area contributed by atoms with Crippen LogP contribution in [-0.4, -0.2) is 5.54 Å². The third-order valence-corrected chi connectivity index (χ3v) is 3.88. The van der Waals surface area contributed by atoms with Gasteiger partial charge in [0, 0.05) is 10.0 Å². The molecule has 1 aromatic rings. The van der Waals surface area contributed by atoms with Crippen molar-refractivity contribution in [3.63, 3.8) is 0 Å². The minimum absolute atomic E-state index is 0.195. The molecule has 1 aliphatic carbocycles. The van der Waals surface area contributed by atoms with Gasteiger partial charge in [-0.05, 0) is 49.3 Å². The summed E-state index contributed by atoms with van der Waals surface area (Å²) in [6.07, 6.45) is 4.81. The van der Waals surface area contributed by atoms with Gasteiger partial charge < -0.3 is 5.73 Å². The van der Waals surface area contributed by atoms with Crippen molar-refractivity contribution in [2.75, 3.05) is 0 Å². The molecule has 0 bridgehead atoms. The molecule has 1 saturated carbocycles. The van der Waals surface area contributed by atoms with Gasteiger partial charge in [0.05, 0.1) is 0 Å². The van der Waals surface area contributed by atoms with Crippen molar-refractivity contribution >= 4 is 15.9 Å². The summed E-state index contributed by atoms with van der Waals surface area (Å²) in [5, 5.41) is 0. The fourth-order valence-electron chi connectivity index (χ4n) is 1.89. The first-order valence-electron chi connectivity index (χ1n) is 5.63. The van der Waals surface area contributed by atoms with Crippen molar-refractivity contribution in [2.45, 2.75) is 44.1 Å². The smallest absolute Gasteiger partial charge is 0.0178 e. The van der Waals surface area contributed by atoms with Crippen LogP contribution in [-0.2, 0) is 0 Å². The summed E-state index contributed by atoms with van der Waals surface area (Å²) in [5.41, 5.74) is 7.70. The van der Waals surface area contributed by atoms with Crippen molar-refractivity contribution in [2.24, 2.45) is 5.73 Å². The lowest BCUT2D eigenvalue weighted by Gasteiger charge is -2.15. The summed E-state index contributed by atoms with van der Waals surface area (Å²) in [6, 6.07) is 8.58. The van der Waals surface area contributed by atoms with E-state index in [9.17, 15) is 0 Å². The van der Waals surface area contributed by atoms with Crippen LogP contribution in [0.15, 0.2) is 28.7 Å². The normalized spacial score (nSPS) is 19.9. The Hall–Kier alpha value is -0.340. The molecule has 0 radical (unpaired) electrons. The molecule has 1 aliphatic rings. The molecule has 2 N–H and O–H groups in total. The van der Waals surface area contributed by atoms with Crippen molar-refractivity contribution in [1.82, 2.24) is 0 Å². The fourth-order valence-corrected chi connectivity index (χ4v) is 2.31. The molecule has 2 heteroatoms. The van der Waals surface area contributed by atoms with Gasteiger partial charge in [0.2, 0.25) is 0 Å². The summed E-state index contributed by atoms with van der Waals surface area (Å²) in [5.74, 6) is 0.614. The van der Waals surface area contributed by atoms with Gasteiger partial charge in [0.25, 0.3) is 0 Å². The Morgan fingerprint density at radius 1 is 1.47 bits per heavy atom. The van der Waals surface area contributed by atoms with Crippen LogP contribution < -0.4 is 5.73 Å². The molecule has 1 nitrogen and oxygen atoms in total. The Bertz CT molecular complexity index is 344. The van der Waals surface area contributed by atoms with Crippen LogP contribution in [0.3, 0.4) is 0 Å². The minimum Gasteiger partial charge on any atom is -0.325 e. The second kappa shape index (κ2) is 4.26. The number of hydrogen-bond donors (Lipinski definition) is 1. The van der Waals surface area contributed by atoms with Crippen LogP contribution in [0.1, 0.15) is 44.1 Å². The zero-order chi connectivity index (χ0) is 10.9. The zero-order valence-electron chi connectivity index (χ0n) is 9.17. The molecule has 15 heavy (non-hydrogen) atoms. The Labute approximate surface area is 100 Å². The average Bonchev–Trinajstić information content (AvgIpc) is 2.94. The van der Waals surface area contributed by atoms with Crippen molar-refractivity contribution in [3.05, 3.63) is 34.3 Å². The highest BCUT2D eigenvalue weighted by atomic mass is 79.9. The molecular formula is C13H18BrN. The molecular weight excluding hydrogens is 250 g/mol. The van der Waals surface area contributed by atoms with Gasteiger partial charge in [0.1, 0.15) is 0 Å². The second-order valence-electron chi connectivity index (χ2n) is 4.86. The predicted octanol–water partition coefficient (Wildman–Crippen LogP) is 3.82. The van der Waals surface area contributed by atoms with Crippen molar-refractivity contribution in [1.29, 1.82) is 0 Å². The first kappa shape index (κ1) is 11.2. The zero-order valence-corrected chi connectivity index (χ0v) is 10.8. The van der Waals surface area contributed by atoms with Crippen LogP contribution in [0, 0.1) is 0 Å². The molecule has 1 aromatic carbocycles. The van der Waals surface area contributed by atoms with Gasteiger partial charge in [0.15, 0.2) is 0 Å². The summed E-state index contributed by atoms with van der Waals surface area (Å²) in [7, 11) is 0. The topological polar surface area (TPSA) is 26.0 Å². The van der Waals surface area contributed by atoms with Gasteiger partial charge in [-0.2, -0.15) is 0 Å². The molecule has 82 valence electrons. The number of nitrogens with two attached hydrogens (primary N) is 1. The highest BCUT2D eigenvalue weighted by molar-refractivity contribution is 9.10. The lowest BCUT2D eigenvalue weighted by Crippen LogP contribution is -2.21. The van der Waals surface area contributed by atoms with Crippen LogP contribution in [0.25, 0.3) is 0 Å². The number of rotatable bonds is 4. The van der Waals surface area contributed by atoms with E-state index in [1.54, 1.807) is 0 Å². The minimum atomic E-state index is 0.195. The van der Waals surface area contributed by atoms with Crippen molar-refractivity contribution in [3.8, 4) is 0 Å². The van der Waals surface area contributed by atoms with Crippen LogP contribution >= 0.6 is 15.9 Å². The Morgan fingerprint density at radius 2 is 2.20 bits per heavy atom. The van der Waals surface area contributed by atoms with Gasteiger partial charge in [-0.15, -0.1) is 0 Å². The van der Waals surface area contributed by atoms with Gasteiger partial charge in [-0.25, -0.2) is 0 Å².